The van der Waals surface area contributed by atoms with Gasteiger partial charge in [-0.1, -0.05) is 43.0 Å². The van der Waals surface area contributed by atoms with Crippen LogP contribution in [0.25, 0.3) is 0 Å². The van der Waals surface area contributed by atoms with Crippen LogP contribution in [0.15, 0.2) is 60.3 Å². The number of carbonyl (C=O) groups is 1. The number of allylic oxidation sites excluding steroid dienone is 7. The van der Waals surface area contributed by atoms with Crippen LogP contribution in [0, 0.1) is 0 Å². The van der Waals surface area contributed by atoms with E-state index in [-0.39, 0.29) is 0 Å². The molecule has 0 radical (unpaired) electrons. The van der Waals surface area contributed by atoms with Crippen molar-refractivity contribution in [2.45, 2.75) is 6.42 Å². The Hall–Kier alpha value is -1.83. The molecule has 0 fully saturated rings. The van der Waals surface area contributed by atoms with Crippen molar-refractivity contribution in [2.75, 3.05) is 0 Å². The van der Waals surface area contributed by atoms with Crippen LogP contribution in [0.1, 0.15) is 6.42 Å². The average molecular weight is 188 g/mol. The third-order valence-corrected chi connectivity index (χ3v) is 1.80. The molecule has 0 bridgehead atoms. The summed E-state index contributed by atoms with van der Waals surface area (Å²) in [5, 5.41) is 8.75. The lowest BCUT2D eigenvalue weighted by Gasteiger charge is -2.04. The SMILES string of the molecule is C=C/C=C\C=C1\C=C(C(=O)O)C=CC1. The third-order valence-electron chi connectivity index (χ3n) is 1.80. The molecule has 0 saturated carbocycles. The molecule has 0 spiro atoms. The molecule has 0 saturated heterocycles. The minimum absolute atomic E-state index is 0.328. The highest BCUT2D eigenvalue weighted by Gasteiger charge is 2.06. The van der Waals surface area contributed by atoms with Gasteiger partial charge in [-0.25, -0.2) is 4.79 Å². The Bertz CT molecular complexity index is 355. The van der Waals surface area contributed by atoms with E-state index in [4.69, 9.17) is 5.11 Å². The van der Waals surface area contributed by atoms with E-state index in [1.165, 1.54) is 0 Å². The lowest BCUT2D eigenvalue weighted by atomic mass is 10.0. The molecule has 2 nitrogen and oxygen atoms in total. The Labute approximate surface area is 83.3 Å². The van der Waals surface area contributed by atoms with E-state index < -0.39 is 5.97 Å². The molecule has 0 aromatic carbocycles. The topological polar surface area (TPSA) is 37.3 Å². The Morgan fingerprint density at radius 2 is 2.29 bits per heavy atom. The smallest absolute Gasteiger partial charge is 0.335 e. The molecular formula is C12H12O2. The van der Waals surface area contributed by atoms with Gasteiger partial charge in [0, 0.05) is 0 Å². The quantitative estimate of drug-likeness (QED) is 0.691. The predicted octanol–water partition coefficient (Wildman–Crippen LogP) is 2.63. The van der Waals surface area contributed by atoms with Gasteiger partial charge >= 0.3 is 5.97 Å². The van der Waals surface area contributed by atoms with Gasteiger partial charge in [-0.05, 0) is 18.1 Å². The molecule has 1 aliphatic carbocycles. The fraction of sp³-hybridized carbons (Fsp3) is 0.0833. The zero-order valence-corrected chi connectivity index (χ0v) is 7.81. The van der Waals surface area contributed by atoms with Gasteiger partial charge in [-0.15, -0.1) is 0 Å². The lowest BCUT2D eigenvalue weighted by molar-refractivity contribution is -0.132. The second-order valence-electron chi connectivity index (χ2n) is 2.87. The van der Waals surface area contributed by atoms with Crippen LogP contribution in [0.4, 0.5) is 0 Å². The van der Waals surface area contributed by atoms with Crippen LogP contribution >= 0.6 is 0 Å². The fourth-order valence-corrected chi connectivity index (χ4v) is 1.14. The Kier molecular flexibility index (Phi) is 3.68. The first kappa shape index (κ1) is 10.3. The second kappa shape index (κ2) is 5.02. The lowest BCUT2D eigenvalue weighted by Crippen LogP contribution is -2.00. The molecule has 1 aliphatic rings. The van der Waals surface area contributed by atoms with E-state index in [1.54, 1.807) is 24.3 Å². The van der Waals surface area contributed by atoms with Crippen LogP contribution < -0.4 is 0 Å². The maximum absolute atomic E-state index is 10.6. The summed E-state index contributed by atoms with van der Waals surface area (Å²) in [7, 11) is 0. The van der Waals surface area contributed by atoms with E-state index in [0.29, 0.717) is 5.57 Å². The number of rotatable bonds is 3. The van der Waals surface area contributed by atoms with Crippen molar-refractivity contribution in [3.8, 4) is 0 Å². The van der Waals surface area contributed by atoms with Gasteiger partial charge < -0.3 is 5.11 Å². The van der Waals surface area contributed by atoms with Gasteiger partial charge in [0.05, 0.1) is 5.57 Å². The number of carboxylic acid groups (broad SMARTS) is 1. The average Bonchev–Trinajstić information content (AvgIpc) is 2.19. The number of hydrogen-bond donors (Lipinski definition) is 1. The normalized spacial score (nSPS) is 18.6. The number of carboxylic acids is 1. The summed E-state index contributed by atoms with van der Waals surface area (Å²) in [6.07, 6.45) is 13.1. The zero-order chi connectivity index (χ0) is 10.4. The first-order valence-electron chi connectivity index (χ1n) is 4.34. The molecule has 0 amide bonds. The maximum atomic E-state index is 10.6. The predicted molar refractivity (Wildman–Crippen MR) is 56.9 cm³/mol. The van der Waals surface area contributed by atoms with Gasteiger partial charge in [-0.2, -0.15) is 0 Å². The molecular weight excluding hydrogens is 176 g/mol. The highest BCUT2D eigenvalue weighted by molar-refractivity contribution is 5.90. The Morgan fingerprint density at radius 1 is 1.50 bits per heavy atom. The molecule has 0 unspecified atom stereocenters. The second-order valence-corrected chi connectivity index (χ2v) is 2.87. The van der Waals surface area contributed by atoms with E-state index in [0.717, 1.165) is 12.0 Å². The first-order valence-corrected chi connectivity index (χ1v) is 4.34. The van der Waals surface area contributed by atoms with Crippen molar-refractivity contribution < 1.29 is 9.90 Å². The van der Waals surface area contributed by atoms with E-state index in [1.807, 2.05) is 18.2 Å². The van der Waals surface area contributed by atoms with Crippen LogP contribution in [0.2, 0.25) is 0 Å². The highest BCUT2D eigenvalue weighted by Crippen LogP contribution is 2.15. The van der Waals surface area contributed by atoms with Crippen molar-refractivity contribution in [1.29, 1.82) is 0 Å². The molecule has 0 aromatic heterocycles. The summed E-state index contributed by atoms with van der Waals surface area (Å²) >= 11 is 0. The molecule has 2 heteroatoms. The molecule has 72 valence electrons. The molecule has 1 rings (SSSR count). The fourth-order valence-electron chi connectivity index (χ4n) is 1.14. The van der Waals surface area contributed by atoms with Gasteiger partial charge in [0.15, 0.2) is 0 Å². The van der Waals surface area contributed by atoms with E-state index in [9.17, 15) is 4.79 Å². The van der Waals surface area contributed by atoms with Crippen LogP contribution in [-0.4, -0.2) is 11.1 Å². The Balaban J connectivity index is 2.80. The van der Waals surface area contributed by atoms with Crippen LogP contribution in [0.5, 0.6) is 0 Å². The van der Waals surface area contributed by atoms with Crippen molar-refractivity contribution >= 4 is 5.97 Å². The molecule has 14 heavy (non-hydrogen) atoms. The summed E-state index contributed by atoms with van der Waals surface area (Å²) < 4.78 is 0. The van der Waals surface area contributed by atoms with Gasteiger partial charge in [0.25, 0.3) is 0 Å². The summed E-state index contributed by atoms with van der Waals surface area (Å²) in [6, 6.07) is 0. The molecule has 0 heterocycles. The van der Waals surface area contributed by atoms with Crippen LogP contribution in [0.3, 0.4) is 0 Å². The van der Waals surface area contributed by atoms with Crippen molar-refractivity contribution in [2.24, 2.45) is 0 Å². The van der Waals surface area contributed by atoms with Crippen molar-refractivity contribution in [3.63, 3.8) is 0 Å². The highest BCUT2D eigenvalue weighted by atomic mass is 16.4. The standard InChI is InChI=1S/C12H12O2/c1-2-3-4-6-10-7-5-8-11(9-10)12(13)14/h2-6,8-9H,1,7H2,(H,13,14)/b4-3-,10-6+. The monoisotopic (exact) mass is 188 g/mol. The van der Waals surface area contributed by atoms with Gasteiger partial charge in [0.2, 0.25) is 0 Å². The zero-order valence-electron chi connectivity index (χ0n) is 7.81. The first-order chi connectivity index (χ1) is 6.74. The minimum Gasteiger partial charge on any atom is -0.478 e. The summed E-state index contributed by atoms with van der Waals surface area (Å²) in [4.78, 5) is 10.6. The maximum Gasteiger partial charge on any atom is 0.335 e. The van der Waals surface area contributed by atoms with Crippen LogP contribution in [-0.2, 0) is 4.79 Å². The van der Waals surface area contributed by atoms with Gasteiger partial charge in [0.1, 0.15) is 0 Å². The number of aliphatic carboxylic acids is 1. The van der Waals surface area contributed by atoms with Crippen molar-refractivity contribution in [1.82, 2.24) is 0 Å². The Morgan fingerprint density at radius 3 is 2.93 bits per heavy atom. The molecule has 0 atom stereocenters. The molecule has 0 aliphatic heterocycles. The summed E-state index contributed by atoms with van der Waals surface area (Å²) in [5.74, 6) is -0.889. The summed E-state index contributed by atoms with van der Waals surface area (Å²) in [6.45, 7) is 3.55. The van der Waals surface area contributed by atoms with E-state index >= 15 is 0 Å². The van der Waals surface area contributed by atoms with Crippen molar-refractivity contribution in [3.05, 3.63) is 60.3 Å². The summed E-state index contributed by atoms with van der Waals surface area (Å²) in [5.41, 5.74) is 1.32. The minimum atomic E-state index is -0.889. The third kappa shape index (κ3) is 2.90. The largest absolute Gasteiger partial charge is 0.478 e. The van der Waals surface area contributed by atoms with E-state index in [2.05, 4.69) is 6.58 Å². The number of hydrogen-bond acceptors (Lipinski definition) is 1. The van der Waals surface area contributed by atoms with Gasteiger partial charge in [-0.3, -0.25) is 0 Å². The molecule has 1 N–H and O–H groups in total. The molecule has 0 aromatic rings.